The van der Waals surface area contributed by atoms with Crippen LogP contribution in [0, 0.1) is 0 Å². The number of rotatable bonds is 5. The van der Waals surface area contributed by atoms with Crippen LogP contribution >= 0.6 is 11.6 Å². The quantitative estimate of drug-likeness (QED) is 0.668. The lowest BCUT2D eigenvalue weighted by molar-refractivity contribution is 0.0826. The summed E-state index contributed by atoms with van der Waals surface area (Å²) in [5.41, 5.74) is 0. The molecule has 1 amide bonds. The smallest absolute Gasteiger partial charge is 0.411 e. The van der Waals surface area contributed by atoms with Gasteiger partial charge in [-0.3, -0.25) is 0 Å². The highest BCUT2D eigenvalue weighted by molar-refractivity contribution is 6.17. The molecule has 0 bridgehead atoms. The van der Waals surface area contributed by atoms with E-state index in [9.17, 15) is 4.79 Å². The Morgan fingerprint density at radius 2 is 1.71 bits per heavy atom. The van der Waals surface area contributed by atoms with Gasteiger partial charge >= 0.3 is 6.09 Å². The summed E-state index contributed by atoms with van der Waals surface area (Å²) in [6, 6.07) is 0.309. The standard InChI is InChI=1S/C10H20ClNO2/c1-5-8(3)12(9(4)6-2)10(13)14-7-11/h8-9H,5-7H2,1-4H3. The lowest BCUT2D eigenvalue weighted by Gasteiger charge is -2.32. The van der Waals surface area contributed by atoms with Crippen LogP contribution in [-0.2, 0) is 4.74 Å². The van der Waals surface area contributed by atoms with Crippen molar-refractivity contribution in [2.75, 3.05) is 6.07 Å². The highest BCUT2D eigenvalue weighted by Gasteiger charge is 2.24. The topological polar surface area (TPSA) is 29.5 Å². The van der Waals surface area contributed by atoms with Crippen molar-refractivity contribution in [1.29, 1.82) is 0 Å². The van der Waals surface area contributed by atoms with Crippen molar-refractivity contribution in [3.63, 3.8) is 0 Å². The molecule has 0 saturated heterocycles. The lowest BCUT2D eigenvalue weighted by atomic mass is 10.1. The van der Waals surface area contributed by atoms with Crippen molar-refractivity contribution in [2.24, 2.45) is 0 Å². The van der Waals surface area contributed by atoms with Crippen LogP contribution in [0.1, 0.15) is 40.5 Å². The van der Waals surface area contributed by atoms with Crippen molar-refractivity contribution in [1.82, 2.24) is 4.90 Å². The molecule has 0 N–H and O–H groups in total. The summed E-state index contributed by atoms with van der Waals surface area (Å²) in [7, 11) is 0. The number of carbonyl (C=O) groups is 1. The second-order valence-corrected chi connectivity index (χ2v) is 3.66. The second-order valence-electron chi connectivity index (χ2n) is 3.44. The summed E-state index contributed by atoms with van der Waals surface area (Å²) >= 11 is 5.37. The summed E-state index contributed by atoms with van der Waals surface area (Å²) in [5, 5.41) is 0. The van der Waals surface area contributed by atoms with Gasteiger partial charge in [0, 0.05) is 12.1 Å². The third-order valence-electron chi connectivity index (χ3n) is 2.52. The first-order chi connectivity index (χ1) is 6.58. The maximum atomic E-state index is 11.6. The first kappa shape index (κ1) is 13.6. The predicted molar refractivity (Wildman–Crippen MR) is 58.5 cm³/mol. The number of alkyl halides is 1. The molecule has 3 nitrogen and oxygen atoms in total. The third-order valence-corrected chi connectivity index (χ3v) is 2.63. The molecule has 0 fully saturated rings. The van der Waals surface area contributed by atoms with Crippen LogP contribution in [0.15, 0.2) is 0 Å². The average Bonchev–Trinajstić information content (AvgIpc) is 2.17. The van der Waals surface area contributed by atoms with Crippen LogP contribution in [0.5, 0.6) is 0 Å². The van der Waals surface area contributed by atoms with Crippen LogP contribution in [0.2, 0.25) is 0 Å². The fourth-order valence-corrected chi connectivity index (χ4v) is 1.40. The molecule has 0 aromatic carbocycles. The molecule has 0 aliphatic rings. The van der Waals surface area contributed by atoms with Gasteiger partial charge in [-0.1, -0.05) is 25.4 Å². The Morgan fingerprint density at radius 3 is 2.00 bits per heavy atom. The van der Waals surface area contributed by atoms with Crippen molar-refractivity contribution >= 4 is 17.7 Å². The highest BCUT2D eigenvalue weighted by atomic mass is 35.5. The Morgan fingerprint density at radius 1 is 1.29 bits per heavy atom. The van der Waals surface area contributed by atoms with Crippen LogP contribution < -0.4 is 0 Å². The van der Waals surface area contributed by atoms with Gasteiger partial charge in [-0.25, -0.2) is 4.79 Å². The lowest BCUT2D eigenvalue weighted by Crippen LogP contribution is -2.44. The van der Waals surface area contributed by atoms with Gasteiger partial charge < -0.3 is 9.64 Å². The number of carbonyl (C=O) groups excluding carboxylic acids is 1. The number of nitrogens with zero attached hydrogens (tertiary/aromatic N) is 1. The highest BCUT2D eigenvalue weighted by Crippen LogP contribution is 2.13. The minimum atomic E-state index is -0.316. The monoisotopic (exact) mass is 221 g/mol. The van der Waals surface area contributed by atoms with Gasteiger partial charge in [0.1, 0.15) is 0 Å². The Balaban J connectivity index is 4.45. The van der Waals surface area contributed by atoms with E-state index in [1.54, 1.807) is 4.90 Å². The van der Waals surface area contributed by atoms with Crippen molar-refractivity contribution in [3.8, 4) is 0 Å². The fourth-order valence-electron chi connectivity index (χ4n) is 1.31. The van der Waals surface area contributed by atoms with E-state index in [1.807, 2.05) is 27.7 Å². The number of ether oxygens (including phenoxy) is 1. The summed E-state index contributed by atoms with van der Waals surface area (Å²) in [6.45, 7) is 8.13. The molecule has 2 unspecified atom stereocenters. The summed E-state index contributed by atoms with van der Waals surface area (Å²) in [5.74, 6) is 0. The molecule has 0 radical (unpaired) electrons. The minimum Gasteiger partial charge on any atom is -0.433 e. The van der Waals surface area contributed by atoms with Crippen molar-refractivity contribution in [3.05, 3.63) is 0 Å². The van der Waals surface area contributed by atoms with Gasteiger partial charge in [-0.05, 0) is 26.7 Å². The molecular formula is C10H20ClNO2. The average molecular weight is 222 g/mol. The van der Waals surface area contributed by atoms with Gasteiger partial charge in [0.15, 0.2) is 6.07 Å². The van der Waals surface area contributed by atoms with E-state index in [-0.39, 0.29) is 24.2 Å². The predicted octanol–water partition coefficient (Wildman–Crippen LogP) is 3.22. The largest absolute Gasteiger partial charge is 0.433 e. The minimum absolute atomic E-state index is 0.0811. The van der Waals surface area contributed by atoms with Crippen molar-refractivity contribution in [2.45, 2.75) is 52.6 Å². The summed E-state index contributed by atoms with van der Waals surface area (Å²) in [4.78, 5) is 13.3. The number of amides is 1. The molecule has 0 saturated carbocycles. The zero-order valence-corrected chi connectivity index (χ0v) is 10.2. The molecule has 2 atom stereocenters. The van der Waals surface area contributed by atoms with E-state index in [4.69, 9.17) is 16.3 Å². The van der Waals surface area contributed by atoms with Gasteiger partial charge in [-0.2, -0.15) is 0 Å². The molecule has 0 aliphatic heterocycles. The fraction of sp³-hybridized carbons (Fsp3) is 0.900. The SMILES string of the molecule is CCC(C)N(C(=O)OCCl)C(C)CC. The number of hydrogen-bond acceptors (Lipinski definition) is 2. The second kappa shape index (κ2) is 6.93. The Hall–Kier alpha value is -0.440. The summed E-state index contributed by atoms with van der Waals surface area (Å²) < 4.78 is 4.80. The van der Waals surface area contributed by atoms with Crippen LogP contribution in [0.4, 0.5) is 4.79 Å². The molecule has 0 aliphatic carbocycles. The van der Waals surface area contributed by atoms with Gasteiger partial charge in [0.05, 0.1) is 0 Å². The normalized spacial score (nSPS) is 14.6. The molecule has 84 valence electrons. The maximum Gasteiger partial charge on any atom is 0.411 e. The molecule has 4 heteroatoms. The zero-order valence-electron chi connectivity index (χ0n) is 9.42. The molecule has 0 heterocycles. The van der Waals surface area contributed by atoms with Crippen LogP contribution in [0.25, 0.3) is 0 Å². The van der Waals surface area contributed by atoms with Crippen molar-refractivity contribution < 1.29 is 9.53 Å². The first-order valence-corrected chi connectivity index (χ1v) is 5.62. The zero-order chi connectivity index (χ0) is 11.1. The molecule has 0 spiro atoms. The van der Waals surface area contributed by atoms with Crippen LogP contribution in [-0.4, -0.2) is 29.1 Å². The van der Waals surface area contributed by atoms with E-state index in [0.29, 0.717) is 0 Å². The molecule has 14 heavy (non-hydrogen) atoms. The Labute approximate surface area is 91.4 Å². The molecular weight excluding hydrogens is 202 g/mol. The molecule has 0 aromatic heterocycles. The maximum absolute atomic E-state index is 11.6. The van der Waals surface area contributed by atoms with Gasteiger partial charge in [0.2, 0.25) is 0 Å². The Kier molecular flexibility index (Phi) is 6.71. The van der Waals surface area contributed by atoms with E-state index in [1.165, 1.54) is 0 Å². The van der Waals surface area contributed by atoms with E-state index >= 15 is 0 Å². The Bertz CT molecular complexity index is 166. The summed E-state index contributed by atoms with van der Waals surface area (Å²) in [6.07, 6.45) is 1.52. The van der Waals surface area contributed by atoms with Gasteiger partial charge in [-0.15, -0.1) is 0 Å². The molecule has 0 aromatic rings. The molecule has 0 rings (SSSR count). The third kappa shape index (κ3) is 3.74. The van der Waals surface area contributed by atoms with Crippen LogP contribution in [0.3, 0.4) is 0 Å². The first-order valence-electron chi connectivity index (χ1n) is 5.09. The van der Waals surface area contributed by atoms with E-state index < -0.39 is 0 Å². The van der Waals surface area contributed by atoms with E-state index in [2.05, 4.69) is 0 Å². The number of halogens is 1. The number of hydrogen-bond donors (Lipinski definition) is 0. The van der Waals surface area contributed by atoms with Gasteiger partial charge in [0.25, 0.3) is 0 Å². The van der Waals surface area contributed by atoms with E-state index in [0.717, 1.165) is 12.8 Å².